The summed E-state index contributed by atoms with van der Waals surface area (Å²) in [4.78, 5) is 15.0. The van der Waals surface area contributed by atoms with Crippen LogP contribution in [0.1, 0.15) is 31.0 Å². The summed E-state index contributed by atoms with van der Waals surface area (Å²) < 4.78 is 0. The molecule has 0 saturated carbocycles. The van der Waals surface area contributed by atoms with Crippen LogP contribution in [0.4, 0.5) is 0 Å². The summed E-state index contributed by atoms with van der Waals surface area (Å²) >= 11 is 1.68. The molecule has 1 heterocycles. The number of aromatic nitrogens is 1. The normalized spacial score (nSPS) is 10.2. The molecule has 0 unspecified atom stereocenters. The third-order valence-electron chi connectivity index (χ3n) is 1.63. The molecule has 0 saturated heterocycles. The summed E-state index contributed by atoms with van der Waals surface area (Å²) in [5.41, 5.74) is 1.06. The maximum Gasteiger partial charge on any atom is 0.130 e. The lowest BCUT2D eigenvalue weighted by molar-refractivity contribution is -0.116. The van der Waals surface area contributed by atoms with Crippen LogP contribution in [-0.2, 0) is 17.6 Å². The molecule has 0 radical (unpaired) electrons. The standard InChI is InChI=1S/C9H13NOS/c1-3-9-10-8(6-12-9)5-4-7(2)11/h6H,3-5H2,1-2H3. The van der Waals surface area contributed by atoms with E-state index in [1.54, 1.807) is 18.3 Å². The fourth-order valence-corrected chi connectivity index (χ4v) is 1.71. The predicted octanol–water partition coefficient (Wildman–Crippen LogP) is 2.23. The summed E-state index contributed by atoms with van der Waals surface area (Å²) in [7, 11) is 0. The molecule has 12 heavy (non-hydrogen) atoms. The van der Waals surface area contributed by atoms with Gasteiger partial charge in [-0.3, -0.25) is 0 Å². The van der Waals surface area contributed by atoms with Crippen molar-refractivity contribution in [1.29, 1.82) is 0 Å². The lowest BCUT2D eigenvalue weighted by Gasteiger charge is -1.91. The van der Waals surface area contributed by atoms with Crippen LogP contribution in [0.25, 0.3) is 0 Å². The number of aryl methyl sites for hydroxylation is 2. The van der Waals surface area contributed by atoms with E-state index in [-0.39, 0.29) is 5.78 Å². The van der Waals surface area contributed by atoms with Gasteiger partial charge in [0.2, 0.25) is 0 Å². The zero-order valence-corrected chi connectivity index (χ0v) is 8.28. The number of rotatable bonds is 4. The quantitative estimate of drug-likeness (QED) is 0.716. The topological polar surface area (TPSA) is 30.0 Å². The third-order valence-corrected chi connectivity index (χ3v) is 2.68. The Morgan fingerprint density at radius 3 is 2.92 bits per heavy atom. The predicted molar refractivity (Wildman–Crippen MR) is 50.5 cm³/mol. The first kappa shape index (κ1) is 9.39. The number of ketones is 1. The van der Waals surface area contributed by atoms with Crippen molar-refractivity contribution in [3.05, 3.63) is 16.1 Å². The van der Waals surface area contributed by atoms with E-state index >= 15 is 0 Å². The highest BCUT2D eigenvalue weighted by Crippen LogP contribution is 2.11. The van der Waals surface area contributed by atoms with Gasteiger partial charge in [-0.1, -0.05) is 6.92 Å². The fraction of sp³-hybridized carbons (Fsp3) is 0.556. The molecule has 0 aromatic carbocycles. The summed E-state index contributed by atoms with van der Waals surface area (Å²) in [6, 6.07) is 0. The zero-order valence-electron chi connectivity index (χ0n) is 7.46. The van der Waals surface area contributed by atoms with Gasteiger partial charge in [-0.05, 0) is 19.8 Å². The van der Waals surface area contributed by atoms with Gasteiger partial charge in [-0.2, -0.15) is 0 Å². The first-order chi connectivity index (χ1) is 5.72. The Hall–Kier alpha value is -0.700. The molecule has 0 bridgehead atoms. The van der Waals surface area contributed by atoms with Crippen molar-refractivity contribution in [1.82, 2.24) is 4.98 Å². The molecule has 1 aromatic rings. The lowest BCUT2D eigenvalue weighted by atomic mass is 10.2. The SMILES string of the molecule is CCc1nc(CCC(C)=O)cs1. The van der Waals surface area contributed by atoms with Gasteiger partial charge in [0.1, 0.15) is 5.78 Å². The molecule has 0 amide bonds. The van der Waals surface area contributed by atoms with E-state index in [0.29, 0.717) is 6.42 Å². The van der Waals surface area contributed by atoms with Gasteiger partial charge in [0.05, 0.1) is 10.7 Å². The zero-order chi connectivity index (χ0) is 8.97. The van der Waals surface area contributed by atoms with Crippen LogP contribution < -0.4 is 0 Å². The minimum Gasteiger partial charge on any atom is -0.300 e. The number of nitrogens with zero attached hydrogens (tertiary/aromatic N) is 1. The van der Waals surface area contributed by atoms with Crippen molar-refractivity contribution in [2.45, 2.75) is 33.1 Å². The van der Waals surface area contributed by atoms with Crippen molar-refractivity contribution in [2.75, 3.05) is 0 Å². The molecule has 0 fully saturated rings. The van der Waals surface area contributed by atoms with E-state index < -0.39 is 0 Å². The minimum atomic E-state index is 0.237. The number of carbonyl (C=O) groups excluding carboxylic acids is 1. The molecule has 3 heteroatoms. The largest absolute Gasteiger partial charge is 0.300 e. The Kier molecular flexibility index (Phi) is 3.41. The van der Waals surface area contributed by atoms with Gasteiger partial charge in [-0.25, -0.2) is 4.98 Å². The average Bonchev–Trinajstić information content (AvgIpc) is 2.48. The number of carbonyl (C=O) groups is 1. The Labute approximate surface area is 76.6 Å². The molecule has 1 aromatic heterocycles. The number of Topliss-reactive ketones (excluding diaryl/α,β-unsaturated/α-hetero) is 1. The summed E-state index contributed by atoms with van der Waals surface area (Å²) in [5.74, 6) is 0.237. The second-order valence-corrected chi connectivity index (χ2v) is 3.73. The van der Waals surface area contributed by atoms with Crippen molar-refractivity contribution in [2.24, 2.45) is 0 Å². The van der Waals surface area contributed by atoms with Crippen LogP contribution in [-0.4, -0.2) is 10.8 Å². The van der Waals surface area contributed by atoms with Crippen molar-refractivity contribution >= 4 is 17.1 Å². The van der Waals surface area contributed by atoms with Gasteiger partial charge < -0.3 is 4.79 Å². The van der Waals surface area contributed by atoms with E-state index in [0.717, 1.165) is 23.5 Å². The first-order valence-corrected chi connectivity index (χ1v) is 5.03. The third kappa shape index (κ3) is 2.74. The molecular weight excluding hydrogens is 170 g/mol. The molecular formula is C9H13NOS. The van der Waals surface area contributed by atoms with Crippen LogP contribution in [0, 0.1) is 0 Å². The van der Waals surface area contributed by atoms with E-state index in [9.17, 15) is 4.79 Å². The molecule has 0 N–H and O–H groups in total. The molecule has 0 spiro atoms. The Balaban J connectivity index is 2.47. The first-order valence-electron chi connectivity index (χ1n) is 4.15. The van der Waals surface area contributed by atoms with Gasteiger partial charge in [0, 0.05) is 11.8 Å². The molecule has 0 aliphatic carbocycles. The summed E-state index contributed by atoms with van der Waals surface area (Å²) in [6.07, 6.45) is 2.41. The highest BCUT2D eigenvalue weighted by Gasteiger charge is 2.01. The van der Waals surface area contributed by atoms with Crippen LogP contribution >= 0.6 is 11.3 Å². The second-order valence-electron chi connectivity index (χ2n) is 2.79. The maximum atomic E-state index is 10.7. The Morgan fingerprint density at radius 2 is 2.42 bits per heavy atom. The number of hydrogen-bond donors (Lipinski definition) is 0. The number of hydrogen-bond acceptors (Lipinski definition) is 3. The molecule has 0 aliphatic rings. The fourth-order valence-electron chi connectivity index (χ4n) is 0.930. The lowest BCUT2D eigenvalue weighted by Crippen LogP contribution is -1.94. The van der Waals surface area contributed by atoms with Crippen LogP contribution in [0.5, 0.6) is 0 Å². The molecule has 66 valence electrons. The smallest absolute Gasteiger partial charge is 0.130 e. The van der Waals surface area contributed by atoms with E-state index in [1.807, 2.05) is 5.38 Å². The summed E-state index contributed by atoms with van der Waals surface area (Å²) in [5, 5.41) is 3.20. The van der Waals surface area contributed by atoms with E-state index in [1.165, 1.54) is 0 Å². The van der Waals surface area contributed by atoms with Gasteiger partial charge in [-0.15, -0.1) is 11.3 Å². The van der Waals surface area contributed by atoms with Crippen LogP contribution in [0.15, 0.2) is 5.38 Å². The average molecular weight is 183 g/mol. The van der Waals surface area contributed by atoms with Crippen LogP contribution in [0.2, 0.25) is 0 Å². The van der Waals surface area contributed by atoms with Gasteiger partial charge in [0.25, 0.3) is 0 Å². The van der Waals surface area contributed by atoms with E-state index in [4.69, 9.17) is 0 Å². The Morgan fingerprint density at radius 1 is 1.67 bits per heavy atom. The molecule has 1 rings (SSSR count). The van der Waals surface area contributed by atoms with Gasteiger partial charge in [0.15, 0.2) is 0 Å². The molecule has 0 atom stereocenters. The molecule has 0 aliphatic heterocycles. The summed E-state index contributed by atoms with van der Waals surface area (Å²) in [6.45, 7) is 3.71. The Bertz CT molecular complexity index is 267. The number of thiazole rings is 1. The van der Waals surface area contributed by atoms with Crippen molar-refractivity contribution < 1.29 is 4.79 Å². The molecule has 2 nitrogen and oxygen atoms in total. The monoisotopic (exact) mass is 183 g/mol. The van der Waals surface area contributed by atoms with Gasteiger partial charge >= 0.3 is 0 Å². The second kappa shape index (κ2) is 4.36. The van der Waals surface area contributed by atoms with Crippen molar-refractivity contribution in [3.63, 3.8) is 0 Å². The van der Waals surface area contributed by atoms with Crippen molar-refractivity contribution in [3.8, 4) is 0 Å². The van der Waals surface area contributed by atoms with Crippen LogP contribution in [0.3, 0.4) is 0 Å². The van der Waals surface area contributed by atoms with E-state index in [2.05, 4.69) is 11.9 Å². The minimum absolute atomic E-state index is 0.237. The maximum absolute atomic E-state index is 10.7. The highest BCUT2D eigenvalue weighted by atomic mass is 32.1. The highest BCUT2D eigenvalue weighted by molar-refractivity contribution is 7.09.